The van der Waals surface area contributed by atoms with Gasteiger partial charge in [0, 0.05) is 10.9 Å². The molecule has 0 bridgehead atoms. The van der Waals surface area contributed by atoms with Crippen molar-refractivity contribution in [1.29, 1.82) is 0 Å². The summed E-state index contributed by atoms with van der Waals surface area (Å²) in [4.78, 5) is 9.08. The second-order valence-corrected chi connectivity index (χ2v) is 4.98. The predicted molar refractivity (Wildman–Crippen MR) is 79.5 cm³/mol. The van der Waals surface area contributed by atoms with Crippen LogP contribution in [-0.4, -0.2) is 9.97 Å². The van der Waals surface area contributed by atoms with Gasteiger partial charge in [-0.2, -0.15) is 0 Å². The number of benzene rings is 2. The Morgan fingerprint density at radius 1 is 0.842 bits per heavy atom. The number of para-hydroxylation sites is 1. The highest BCUT2D eigenvalue weighted by Gasteiger charge is 2.11. The average molecular weight is 269 g/mol. The molecule has 0 amide bonds. The fraction of sp³-hybridized carbons (Fsp3) is 0.125. The molecule has 19 heavy (non-hydrogen) atoms. The predicted octanol–water partition coefficient (Wildman–Crippen LogP) is 4.57. The molecule has 0 unspecified atom stereocenters. The first-order chi connectivity index (χ1) is 9.16. The van der Waals surface area contributed by atoms with E-state index in [1.807, 2.05) is 30.3 Å². The van der Waals surface area contributed by atoms with Gasteiger partial charge in [0.1, 0.15) is 5.15 Å². The number of nitrogens with zero attached hydrogens (tertiary/aromatic N) is 2. The van der Waals surface area contributed by atoms with E-state index in [1.165, 1.54) is 0 Å². The van der Waals surface area contributed by atoms with Crippen LogP contribution in [0, 0.1) is 13.8 Å². The molecule has 1 heterocycles. The van der Waals surface area contributed by atoms with Crippen molar-refractivity contribution in [2.24, 2.45) is 0 Å². The van der Waals surface area contributed by atoms with E-state index in [4.69, 9.17) is 11.6 Å². The summed E-state index contributed by atoms with van der Waals surface area (Å²) in [5, 5.41) is 1.39. The van der Waals surface area contributed by atoms with Crippen LogP contribution in [-0.2, 0) is 0 Å². The molecule has 3 aromatic rings. The molecule has 0 aliphatic rings. The zero-order valence-corrected chi connectivity index (χ0v) is 11.6. The first-order valence-corrected chi connectivity index (χ1v) is 6.53. The van der Waals surface area contributed by atoms with Crippen molar-refractivity contribution in [3.05, 3.63) is 58.7 Å². The summed E-state index contributed by atoms with van der Waals surface area (Å²) in [5.74, 6) is 0.694. The molecule has 0 N–H and O–H groups in total. The van der Waals surface area contributed by atoms with Crippen LogP contribution >= 0.6 is 11.6 Å². The summed E-state index contributed by atoms with van der Waals surface area (Å²) >= 11 is 6.27. The highest BCUT2D eigenvalue weighted by molar-refractivity contribution is 6.34. The van der Waals surface area contributed by atoms with Crippen molar-refractivity contribution >= 4 is 22.5 Å². The van der Waals surface area contributed by atoms with E-state index in [2.05, 4.69) is 35.9 Å². The van der Waals surface area contributed by atoms with E-state index < -0.39 is 0 Å². The number of fused-ring (bicyclic) bond motifs is 1. The third kappa shape index (κ3) is 2.08. The van der Waals surface area contributed by atoms with Gasteiger partial charge in [-0.15, -0.1) is 0 Å². The number of hydrogen-bond acceptors (Lipinski definition) is 2. The summed E-state index contributed by atoms with van der Waals surface area (Å²) in [6, 6.07) is 14.0. The van der Waals surface area contributed by atoms with Crippen molar-refractivity contribution < 1.29 is 0 Å². The van der Waals surface area contributed by atoms with Crippen LogP contribution in [0.15, 0.2) is 42.5 Å². The molecule has 3 heteroatoms. The van der Waals surface area contributed by atoms with Gasteiger partial charge >= 0.3 is 0 Å². The molecule has 0 fully saturated rings. The van der Waals surface area contributed by atoms with Crippen molar-refractivity contribution in [1.82, 2.24) is 9.97 Å². The molecule has 94 valence electrons. The van der Waals surface area contributed by atoms with Gasteiger partial charge in [0.15, 0.2) is 5.82 Å². The maximum absolute atomic E-state index is 6.27. The SMILES string of the molecule is Cc1cccc(C)c1-c1nc(Cl)c2ccccc2n1. The lowest BCUT2D eigenvalue weighted by Crippen LogP contribution is -1.96. The summed E-state index contributed by atoms with van der Waals surface area (Å²) in [6.45, 7) is 4.13. The number of rotatable bonds is 1. The molecular weight excluding hydrogens is 256 g/mol. The van der Waals surface area contributed by atoms with Gasteiger partial charge in [-0.05, 0) is 37.1 Å². The van der Waals surface area contributed by atoms with Crippen LogP contribution in [0.25, 0.3) is 22.3 Å². The average Bonchev–Trinajstić information content (AvgIpc) is 2.38. The normalized spacial score (nSPS) is 10.9. The molecule has 0 aliphatic heterocycles. The van der Waals surface area contributed by atoms with Gasteiger partial charge in [0.05, 0.1) is 5.52 Å². The van der Waals surface area contributed by atoms with Gasteiger partial charge in [-0.25, -0.2) is 9.97 Å². The van der Waals surface area contributed by atoms with Crippen LogP contribution in [0.1, 0.15) is 11.1 Å². The van der Waals surface area contributed by atoms with Crippen LogP contribution in [0.3, 0.4) is 0 Å². The summed E-state index contributed by atoms with van der Waals surface area (Å²) in [6.07, 6.45) is 0. The van der Waals surface area contributed by atoms with E-state index in [1.54, 1.807) is 0 Å². The maximum Gasteiger partial charge on any atom is 0.162 e. The van der Waals surface area contributed by atoms with Crippen molar-refractivity contribution in [2.75, 3.05) is 0 Å². The Labute approximate surface area is 117 Å². The van der Waals surface area contributed by atoms with Crippen molar-refractivity contribution in [3.63, 3.8) is 0 Å². The van der Waals surface area contributed by atoms with Gasteiger partial charge in [0.2, 0.25) is 0 Å². The zero-order valence-electron chi connectivity index (χ0n) is 10.8. The Morgan fingerprint density at radius 3 is 2.26 bits per heavy atom. The maximum atomic E-state index is 6.27. The molecule has 0 aliphatic carbocycles. The van der Waals surface area contributed by atoms with Crippen LogP contribution in [0.4, 0.5) is 0 Å². The minimum Gasteiger partial charge on any atom is -0.228 e. The number of hydrogen-bond donors (Lipinski definition) is 0. The number of aryl methyl sites for hydroxylation is 2. The molecule has 0 atom stereocenters. The summed E-state index contributed by atoms with van der Waals surface area (Å²) in [7, 11) is 0. The molecule has 1 aromatic heterocycles. The molecule has 0 spiro atoms. The zero-order chi connectivity index (χ0) is 13.4. The lowest BCUT2D eigenvalue weighted by molar-refractivity contribution is 1.20. The second kappa shape index (κ2) is 4.63. The van der Waals surface area contributed by atoms with E-state index >= 15 is 0 Å². The van der Waals surface area contributed by atoms with Crippen molar-refractivity contribution in [2.45, 2.75) is 13.8 Å². The minimum absolute atomic E-state index is 0.503. The Hall–Kier alpha value is -1.93. The van der Waals surface area contributed by atoms with Gasteiger partial charge in [0.25, 0.3) is 0 Å². The number of aromatic nitrogens is 2. The second-order valence-electron chi connectivity index (χ2n) is 4.62. The summed E-state index contributed by atoms with van der Waals surface area (Å²) < 4.78 is 0. The fourth-order valence-electron chi connectivity index (χ4n) is 2.32. The third-order valence-corrected chi connectivity index (χ3v) is 3.55. The standard InChI is InChI=1S/C16H13ClN2/c1-10-6-5-7-11(2)14(10)16-18-13-9-4-3-8-12(13)15(17)19-16/h3-9H,1-2H3. The monoisotopic (exact) mass is 268 g/mol. The molecule has 2 aromatic carbocycles. The van der Waals surface area contributed by atoms with Gasteiger partial charge in [-0.1, -0.05) is 41.9 Å². The Bertz CT molecular complexity index is 746. The molecular formula is C16H13ClN2. The first kappa shape index (κ1) is 12.1. The van der Waals surface area contributed by atoms with Crippen LogP contribution in [0.5, 0.6) is 0 Å². The highest BCUT2D eigenvalue weighted by atomic mass is 35.5. The van der Waals surface area contributed by atoms with Crippen LogP contribution in [0.2, 0.25) is 5.15 Å². The topological polar surface area (TPSA) is 25.8 Å². The molecule has 0 saturated carbocycles. The van der Waals surface area contributed by atoms with Gasteiger partial charge < -0.3 is 0 Å². The van der Waals surface area contributed by atoms with Gasteiger partial charge in [-0.3, -0.25) is 0 Å². The lowest BCUT2D eigenvalue weighted by atomic mass is 10.0. The highest BCUT2D eigenvalue weighted by Crippen LogP contribution is 2.28. The third-order valence-electron chi connectivity index (χ3n) is 3.26. The fourth-order valence-corrected chi connectivity index (χ4v) is 2.56. The summed E-state index contributed by atoms with van der Waals surface area (Å²) in [5.41, 5.74) is 4.26. The Kier molecular flexibility index (Phi) is 2.96. The molecule has 0 radical (unpaired) electrons. The first-order valence-electron chi connectivity index (χ1n) is 6.15. The minimum atomic E-state index is 0.503. The molecule has 3 rings (SSSR count). The van der Waals surface area contributed by atoms with E-state index in [-0.39, 0.29) is 0 Å². The van der Waals surface area contributed by atoms with Crippen LogP contribution < -0.4 is 0 Å². The van der Waals surface area contributed by atoms with E-state index in [0.717, 1.165) is 27.6 Å². The molecule has 2 nitrogen and oxygen atoms in total. The smallest absolute Gasteiger partial charge is 0.162 e. The largest absolute Gasteiger partial charge is 0.228 e. The Morgan fingerprint density at radius 2 is 1.53 bits per heavy atom. The Balaban J connectivity index is 2.32. The lowest BCUT2D eigenvalue weighted by Gasteiger charge is -2.09. The molecule has 0 saturated heterocycles. The van der Waals surface area contributed by atoms with Crippen molar-refractivity contribution in [3.8, 4) is 11.4 Å². The van der Waals surface area contributed by atoms with E-state index in [9.17, 15) is 0 Å². The quantitative estimate of drug-likeness (QED) is 0.604. The number of halogens is 1. The van der Waals surface area contributed by atoms with E-state index in [0.29, 0.717) is 11.0 Å².